The lowest BCUT2D eigenvalue weighted by molar-refractivity contribution is 0.345. The number of hydrogen-bond acceptors (Lipinski definition) is 2. The van der Waals surface area contributed by atoms with E-state index in [1.165, 1.54) is 44.1 Å². The predicted octanol–water partition coefficient (Wildman–Crippen LogP) is 4.53. The molecule has 1 aromatic heterocycles. The molecule has 2 nitrogen and oxygen atoms in total. The van der Waals surface area contributed by atoms with Crippen LogP contribution in [0.15, 0.2) is 16.7 Å². The van der Waals surface area contributed by atoms with Gasteiger partial charge in [-0.15, -0.1) is 0 Å². The van der Waals surface area contributed by atoms with Crippen molar-refractivity contribution in [3.05, 3.63) is 22.3 Å². The van der Waals surface area contributed by atoms with E-state index in [0.29, 0.717) is 0 Å². The highest BCUT2D eigenvalue weighted by Crippen LogP contribution is 2.26. The predicted molar refractivity (Wildman–Crippen MR) is 76.4 cm³/mol. The van der Waals surface area contributed by atoms with Crippen LogP contribution in [-0.2, 0) is 0 Å². The van der Waals surface area contributed by atoms with Gasteiger partial charge in [0, 0.05) is 12.7 Å². The summed E-state index contributed by atoms with van der Waals surface area (Å²) in [6.45, 7) is 3.10. The zero-order chi connectivity index (χ0) is 12.1. The Morgan fingerprint density at radius 3 is 2.82 bits per heavy atom. The Kier molecular flexibility index (Phi) is 4.84. The zero-order valence-electron chi connectivity index (χ0n) is 10.5. The molecule has 1 heterocycles. The molecule has 1 aromatic rings. The van der Waals surface area contributed by atoms with E-state index in [2.05, 4.69) is 39.2 Å². The summed E-state index contributed by atoms with van der Waals surface area (Å²) in [4.78, 5) is 4.40. The standard InChI is InChI=1S/C14H21BrN2/c1-11-9-13(15)14(17-10-11)16-8-7-12-5-3-2-4-6-12/h9-10,12H,2-8H2,1H3,(H,16,17). The average molecular weight is 297 g/mol. The van der Waals surface area contributed by atoms with Crippen LogP contribution in [0.5, 0.6) is 0 Å². The molecule has 0 saturated heterocycles. The fourth-order valence-electron chi connectivity index (χ4n) is 2.53. The molecular formula is C14H21BrN2. The third kappa shape index (κ3) is 3.98. The highest BCUT2D eigenvalue weighted by atomic mass is 79.9. The molecule has 0 unspecified atom stereocenters. The molecule has 94 valence electrons. The maximum absolute atomic E-state index is 4.40. The Labute approximate surface area is 112 Å². The Bertz CT molecular complexity index is 359. The van der Waals surface area contributed by atoms with Crippen molar-refractivity contribution in [2.24, 2.45) is 5.92 Å². The van der Waals surface area contributed by atoms with Crippen LogP contribution in [0.2, 0.25) is 0 Å². The number of nitrogens with zero attached hydrogens (tertiary/aromatic N) is 1. The molecule has 0 amide bonds. The molecule has 0 aromatic carbocycles. The van der Waals surface area contributed by atoms with E-state index in [9.17, 15) is 0 Å². The molecule has 1 fully saturated rings. The molecule has 3 heteroatoms. The van der Waals surface area contributed by atoms with Crippen LogP contribution >= 0.6 is 15.9 Å². The van der Waals surface area contributed by atoms with Crippen LogP contribution in [0.3, 0.4) is 0 Å². The number of halogens is 1. The number of anilines is 1. The second-order valence-electron chi connectivity index (χ2n) is 5.06. The summed E-state index contributed by atoms with van der Waals surface area (Å²) in [5.41, 5.74) is 1.19. The molecule has 1 saturated carbocycles. The van der Waals surface area contributed by atoms with E-state index < -0.39 is 0 Å². The summed E-state index contributed by atoms with van der Waals surface area (Å²) >= 11 is 3.55. The van der Waals surface area contributed by atoms with Crippen molar-refractivity contribution in [1.29, 1.82) is 0 Å². The minimum Gasteiger partial charge on any atom is -0.369 e. The Hall–Kier alpha value is -0.570. The largest absolute Gasteiger partial charge is 0.369 e. The molecule has 2 rings (SSSR count). The molecule has 1 aliphatic carbocycles. The van der Waals surface area contributed by atoms with Gasteiger partial charge in [0.15, 0.2) is 0 Å². The highest BCUT2D eigenvalue weighted by molar-refractivity contribution is 9.10. The normalized spacial score (nSPS) is 17.1. The summed E-state index contributed by atoms with van der Waals surface area (Å²) in [5, 5.41) is 3.43. The van der Waals surface area contributed by atoms with Crippen LogP contribution < -0.4 is 5.32 Å². The number of nitrogens with one attached hydrogen (secondary N) is 1. The lowest BCUT2D eigenvalue weighted by Crippen LogP contribution is -2.12. The van der Waals surface area contributed by atoms with E-state index in [1.54, 1.807) is 0 Å². The molecule has 1 aliphatic rings. The zero-order valence-corrected chi connectivity index (χ0v) is 12.1. The van der Waals surface area contributed by atoms with Crippen LogP contribution in [0, 0.1) is 12.8 Å². The summed E-state index contributed by atoms with van der Waals surface area (Å²) in [5.74, 6) is 1.91. The van der Waals surface area contributed by atoms with Crippen molar-refractivity contribution < 1.29 is 0 Å². The first-order valence-electron chi connectivity index (χ1n) is 6.62. The molecule has 1 N–H and O–H groups in total. The minimum atomic E-state index is 0.931. The van der Waals surface area contributed by atoms with Gasteiger partial charge in [0.1, 0.15) is 5.82 Å². The molecule has 17 heavy (non-hydrogen) atoms. The van der Waals surface area contributed by atoms with E-state index in [-0.39, 0.29) is 0 Å². The lowest BCUT2D eigenvalue weighted by Gasteiger charge is -2.21. The minimum absolute atomic E-state index is 0.931. The second-order valence-corrected chi connectivity index (χ2v) is 5.92. The van der Waals surface area contributed by atoms with Crippen molar-refractivity contribution >= 4 is 21.7 Å². The van der Waals surface area contributed by atoms with E-state index in [0.717, 1.165) is 22.8 Å². The highest BCUT2D eigenvalue weighted by Gasteiger charge is 2.12. The molecule has 0 radical (unpaired) electrons. The van der Waals surface area contributed by atoms with Crippen LogP contribution in [0.1, 0.15) is 44.1 Å². The van der Waals surface area contributed by atoms with E-state index in [1.807, 2.05) is 6.20 Å². The summed E-state index contributed by atoms with van der Waals surface area (Å²) < 4.78 is 1.07. The van der Waals surface area contributed by atoms with Gasteiger partial charge < -0.3 is 5.32 Å². The number of rotatable bonds is 4. The van der Waals surface area contributed by atoms with Crippen LogP contribution in [0.25, 0.3) is 0 Å². The van der Waals surface area contributed by atoms with Gasteiger partial charge >= 0.3 is 0 Å². The fraction of sp³-hybridized carbons (Fsp3) is 0.643. The maximum Gasteiger partial charge on any atom is 0.140 e. The molecule has 0 bridgehead atoms. The second kappa shape index (κ2) is 6.39. The molecule has 0 spiro atoms. The van der Waals surface area contributed by atoms with E-state index in [4.69, 9.17) is 0 Å². The number of aryl methyl sites for hydroxylation is 1. The molecule has 0 atom stereocenters. The smallest absolute Gasteiger partial charge is 0.140 e. The first-order valence-corrected chi connectivity index (χ1v) is 7.41. The fourth-order valence-corrected chi connectivity index (χ4v) is 3.14. The van der Waals surface area contributed by atoms with Crippen LogP contribution in [0.4, 0.5) is 5.82 Å². The van der Waals surface area contributed by atoms with Gasteiger partial charge in [-0.25, -0.2) is 4.98 Å². The van der Waals surface area contributed by atoms with Gasteiger partial charge in [-0.3, -0.25) is 0 Å². The van der Waals surface area contributed by atoms with Crippen molar-refractivity contribution in [3.8, 4) is 0 Å². The topological polar surface area (TPSA) is 24.9 Å². The van der Waals surface area contributed by atoms with Gasteiger partial charge in [-0.05, 0) is 46.8 Å². The third-order valence-electron chi connectivity index (χ3n) is 3.55. The van der Waals surface area contributed by atoms with Crippen molar-refractivity contribution in [3.63, 3.8) is 0 Å². The Morgan fingerprint density at radius 1 is 1.35 bits per heavy atom. The summed E-state index contributed by atoms with van der Waals surface area (Å²) in [7, 11) is 0. The van der Waals surface area contributed by atoms with Crippen molar-refractivity contribution in [2.45, 2.75) is 45.4 Å². The average Bonchev–Trinajstić information content (AvgIpc) is 2.33. The Morgan fingerprint density at radius 2 is 2.12 bits per heavy atom. The van der Waals surface area contributed by atoms with Gasteiger partial charge in [0.25, 0.3) is 0 Å². The van der Waals surface area contributed by atoms with Crippen molar-refractivity contribution in [2.75, 3.05) is 11.9 Å². The Balaban J connectivity index is 1.77. The number of pyridine rings is 1. The van der Waals surface area contributed by atoms with Gasteiger partial charge in [0.2, 0.25) is 0 Å². The third-order valence-corrected chi connectivity index (χ3v) is 4.15. The number of hydrogen-bond donors (Lipinski definition) is 1. The maximum atomic E-state index is 4.40. The summed E-state index contributed by atoms with van der Waals surface area (Å²) in [6, 6.07) is 2.11. The van der Waals surface area contributed by atoms with Gasteiger partial charge in [-0.2, -0.15) is 0 Å². The molecular weight excluding hydrogens is 276 g/mol. The summed E-state index contributed by atoms with van der Waals surface area (Å²) in [6.07, 6.45) is 10.3. The van der Waals surface area contributed by atoms with Gasteiger partial charge in [0.05, 0.1) is 4.47 Å². The number of aromatic nitrogens is 1. The molecule has 0 aliphatic heterocycles. The monoisotopic (exact) mass is 296 g/mol. The van der Waals surface area contributed by atoms with Crippen molar-refractivity contribution in [1.82, 2.24) is 4.98 Å². The van der Waals surface area contributed by atoms with Gasteiger partial charge in [-0.1, -0.05) is 32.1 Å². The first-order chi connectivity index (χ1) is 8.25. The quantitative estimate of drug-likeness (QED) is 0.883. The SMILES string of the molecule is Cc1cnc(NCCC2CCCCC2)c(Br)c1. The lowest BCUT2D eigenvalue weighted by atomic mass is 9.87. The first kappa shape index (κ1) is 12.9. The van der Waals surface area contributed by atoms with Crippen LogP contribution in [-0.4, -0.2) is 11.5 Å². The van der Waals surface area contributed by atoms with E-state index >= 15 is 0 Å².